The van der Waals surface area contributed by atoms with Crippen LogP contribution in [0.4, 0.5) is 18.9 Å². The monoisotopic (exact) mass is 358 g/mol. The van der Waals surface area contributed by atoms with Crippen LogP contribution in [0.5, 0.6) is 11.5 Å². The number of anilines is 1. The maximum absolute atomic E-state index is 12.8. The lowest BCUT2D eigenvalue weighted by molar-refractivity contribution is -0.137. The van der Waals surface area contributed by atoms with Gasteiger partial charge >= 0.3 is 6.18 Å². The van der Waals surface area contributed by atoms with Gasteiger partial charge in [0.15, 0.2) is 0 Å². The van der Waals surface area contributed by atoms with Crippen molar-refractivity contribution in [3.05, 3.63) is 84.2 Å². The zero-order chi connectivity index (χ0) is 18.6. The highest BCUT2D eigenvalue weighted by atomic mass is 19.4. The highest BCUT2D eigenvalue weighted by Gasteiger charge is 2.30. The predicted molar refractivity (Wildman–Crippen MR) is 90.2 cm³/mol. The molecule has 0 atom stereocenters. The van der Waals surface area contributed by atoms with Crippen LogP contribution in [0.3, 0.4) is 0 Å². The summed E-state index contributed by atoms with van der Waals surface area (Å²) in [6.45, 7) is 0. The number of ether oxygens (including phenoxy) is 1. The molecular formula is C19H13F3N2O2. The van der Waals surface area contributed by atoms with Gasteiger partial charge in [0, 0.05) is 11.8 Å². The molecule has 0 unspecified atom stereocenters. The molecule has 2 aromatic carbocycles. The van der Waals surface area contributed by atoms with Crippen molar-refractivity contribution in [2.45, 2.75) is 6.18 Å². The summed E-state index contributed by atoms with van der Waals surface area (Å²) in [5.41, 5.74) is 0.0282. The summed E-state index contributed by atoms with van der Waals surface area (Å²) in [5.74, 6) is -0.0969. The van der Waals surface area contributed by atoms with Crippen molar-refractivity contribution in [1.82, 2.24) is 4.98 Å². The first-order valence-corrected chi connectivity index (χ1v) is 7.58. The molecule has 1 heterocycles. The van der Waals surface area contributed by atoms with Gasteiger partial charge in [-0.25, -0.2) is 0 Å². The second-order valence-electron chi connectivity index (χ2n) is 5.35. The SMILES string of the molecule is O=C(Nc1cccnc1)c1cccc(Oc2cccc(C(F)(F)F)c2)c1. The molecule has 7 heteroatoms. The van der Waals surface area contributed by atoms with Gasteiger partial charge < -0.3 is 10.1 Å². The van der Waals surface area contributed by atoms with E-state index in [1.54, 1.807) is 36.5 Å². The Balaban J connectivity index is 1.76. The number of carbonyl (C=O) groups is 1. The van der Waals surface area contributed by atoms with Gasteiger partial charge in [-0.3, -0.25) is 9.78 Å². The molecule has 1 amide bonds. The van der Waals surface area contributed by atoms with E-state index in [1.807, 2.05) is 0 Å². The van der Waals surface area contributed by atoms with E-state index in [0.717, 1.165) is 12.1 Å². The fourth-order valence-corrected chi connectivity index (χ4v) is 2.21. The lowest BCUT2D eigenvalue weighted by atomic mass is 10.2. The average molecular weight is 358 g/mol. The van der Waals surface area contributed by atoms with Crippen molar-refractivity contribution in [2.75, 3.05) is 5.32 Å². The summed E-state index contributed by atoms with van der Waals surface area (Å²) in [6.07, 6.45) is -1.37. The summed E-state index contributed by atoms with van der Waals surface area (Å²) >= 11 is 0. The molecule has 26 heavy (non-hydrogen) atoms. The van der Waals surface area contributed by atoms with Gasteiger partial charge in [0.25, 0.3) is 5.91 Å². The lowest BCUT2D eigenvalue weighted by Crippen LogP contribution is -2.11. The summed E-state index contributed by atoms with van der Waals surface area (Å²) < 4.78 is 43.8. The first kappa shape index (κ1) is 17.5. The average Bonchev–Trinajstić information content (AvgIpc) is 2.62. The Morgan fingerprint density at radius 3 is 2.38 bits per heavy atom. The van der Waals surface area contributed by atoms with E-state index in [0.29, 0.717) is 11.3 Å². The minimum absolute atomic E-state index is 0.0321. The van der Waals surface area contributed by atoms with Gasteiger partial charge in [-0.2, -0.15) is 13.2 Å². The van der Waals surface area contributed by atoms with E-state index in [-0.39, 0.29) is 17.4 Å². The largest absolute Gasteiger partial charge is 0.457 e. The van der Waals surface area contributed by atoms with Crippen molar-refractivity contribution in [2.24, 2.45) is 0 Å². The van der Waals surface area contributed by atoms with E-state index >= 15 is 0 Å². The summed E-state index contributed by atoms with van der Waals surface area (Å²) in [6, 6.07) is 14.1. The zero-order valence-corrected chi connectivity index (χ0v) is 13.3. The summed E-state index contributed by atoms with van der Waals surface area (Å²) in [4.78, 5) is 16.2. The van der Waals surface area contributed by atoms with Crippen LogP contribution in [-0.4, -0.2) is 10.9 Å². The smallest absolute Gasteiger partial charge is 0.416 e. The standard InChI is InChI=1S/C19H13F3N2O2/c20-19(21,22)14-5-2-8-17(11-14)26-16-7-1-4-13(10-16)18(25)24-15-6-3-9-23-12-15/h1-12H,(H,24,25). The molecule has 1 N–H and O–H groups in total. The number of pyridine rings is 1. The first-order valence-electron chi connectivity index (χ1n) is 7.58. The Hall–Kier alpha value is -3.35. The number of aromatic nitrogens is 1. The molecule has 0 saturated carbocycles. The molecule has 0 bridgehead atoms. The Kier molecular flexibility index (Phi) is 4.88. The number of hydrogen-bond donors (Lipinski definition) is 1. The highest BCUT2D eigenvalue weighted by molar-refractivity contribution is 6.04. The third kappa shape index (κ3) is 4.38. The molecule has 0 aliphatic heterocycles. The molecule has 0 radical (unpaired) electrons. The van der Waals surface area contributed by atoms with Crippen LogP contribution < -0.4 is 10.1 Å². The van der Waals surface area contributed by atoms with Gasteiger partial charge in [0.1, 0.15) is 11.5 Å². The van der Waals surface area contributed by atoms with E-state index in [4.69, 9.17) is 4.74 Å². The van der Waals surface area contributed by atoms with Crippen LogP contribution in [0.25, 0.3) is 0 Å². The summed E-state index contributed by atoms with van der Waals surface area (Å²) in [5, 5.41) is 2.67. The molecule has 0 aliphatic rings. The lowest BCUT2D eigenvalue weighted by Gasteiger charge is -2.11. The third-order valence-electron chi connectivity index (χ3n) is 3.41. The summed E-state index contributed by atoms with van der Waals surface area (Å²) in [7, 11) is 0. The Morgan fingerprint density at radius 2 is 1.69 bits per heavy atom. The van der Waals surface area contributed by atoms with E-state index in [9.17, 15) is 18.0 Å². The predicted octanol–water partition coefficient (Wildman–Crippen LogP) is 5.15. The third-order valence-corrected chi connectivity index (χ3v) is 3.41. The normalized spacial score (nSPS) is 11.0. The Labute approximate surface area is 147 Å². The van der Waals surface area contributed by atoms with Crippen molar-refractivity contribution < 1.29 is 22.7 Å². The van der Waals surface area contributed by atoms with Crippen molar-refractivity contribution in [1.29, 1.82) is 0 Å². The second kappa shape index (κ2) is 7.26. The topological polar surface area (TPSA) is 51.2 Å². The van der Waals surface area contributed by atoms with Crippen LogP contribution in [-0.2, 0) is 6.18 Å². The zero-order valence-electron chi connectivity index (χ0n) is 13.3. The molecule has 0 aliphatic carbocycles. The van der Waals surface area contributed by atoms with Crippen LogP contribution in [0.15, 0.2) is 73.1 Å². The molecule has 3 rings (SSSR count). The molecule has 0 saturated heterocycles. The van der Waals surface area contributed by atoms with E-state index in [1.165, 1.54) is 24.4 Å². The quantitative estimate of drug-likeness (QED) is 0.702. The minimum atomic E-state index is -4.45. The van der Waals surface area contributed by atoms with Gasteiger partial charge in [-0.15, -0.1) is 0 Å². The number of benzene rings is 2. The van der Waals surface area contributed by atoms with Crippen LogP contribution in [0, 0.1) is 0 Å². The number of hydrogen-bond acceptors (Lipinski definition) is 3. The van der Waals surface area contributed by atoms with Crippen molar-refractivity contribution >= 4 is 11.6 Å². The number of halogens is 3. The molecule has 132 valence electrons. The minimum Gasteiger partial charge on any atom is -0.457 e. The Bertz CT molecular complexity index is 912. The highest BCUT2D eigenvalue weighted by Crippen LogP contribution is 2.32. The van der Waals surface area contributed by atoms with Crippen molar-refractivity contribution in [3.8, 4) is 11.5 Å². The van der Waals surface area contributed by atoms with Crippen LogP contribution in [0.2, 0.25) is 0 Å². The molecule has 0 fully saturated rings. The van der Waals surface area contributed by atoms with Crippen LogP contribution in [0.1, 0.15) is 15.9 Å². The molecule has 3 aromatic rings. The molecule has 4 nitrogen and oxygen atoms in total. The fourth-order valence-electron chi connectivity index (χ4n) is 2.21. The van der Waals surface area contributed by atoms with Gasteiger partial charge in [0.2, 0.25) is 0 Å². The number of nitrogens with zero attached hydrogens (tertiary/aromatic N) is 1. The fraction of sp³-hybridized carbons (Fsp3) is 0.0526. The van der Waals surface area contributed by atoms with Gasteiger partial charge in [-0.1, -0.05) is 12.1 Å². The Morgan fingerprint density at radius 1 is 0.962 bits per heavy atom. The van der Waals surface area contributed by atoms with Crippen molar-refractivity contribution in [3.63, 3.8) is 0 Å². The first-order chi connectivity index (χ1) is 12.4. The number of alkyl halides is 3. The maximum Gasteiger partial charge on any atom is 0.416 e. The maximum atomic E-state index is 12.8. The number of rotatable bonds is 4. The van der Waals surface area contributed by atoms with E-state index < -0.39 is 11.7 Å². The van der Waals surface area contributed by atoms with E-state index in [2.05, 4.69) is 10.3 Å². The van der Waals surface area contributed by atoms with Gasteiger partial charge in [-0.05, 0) is 48.5 Å². The second-order valence-corrected chi connectivity index (χ2v) is 5.35. The number of carbonyl (C=O) groups excluding carboxylic acids is 1. The number of nitrogens with one attached hydrogen (secondary N) is 1. The number of amides is 1. The molecule has 1 aromatic heterocycles. The molecule has 0 spiro atoms. The van der Waals surface area contributed by atoms with Crippen LogP contribution >= 0.6 is 0 Å². The van der Waals surface area contributed by atoms with Gasteiger partial charge in [0.05, 0.1) is 17.4 Å². The molecular weight excluding hydrogens is 345 g/mol.